The largest absolute Gasteiger partial charge is 0.396 e. The Labute approximate surface area is 170 Å². The molecule has 2 aromatic carbocycles. The Morgan fingerprint density at radius 1 is 1.03 bits per heavy atom. The SMILES string of the molecule is O=C(CN1CCN(c2ccccc2)CC1)N(CCCO)c1ccccc1[N+](=O)[O-]. The summed E-state index contributed by atoms with van der Waals surface area (Å²) in [5.74, 6) is -0.194. The van der Waals surface area contributed by atoms with Crippen molar-refractivity contribution in [2.24, 2.45) is 0 Å². The number of anilines is 2. The van der Waals surface area contributed by atoms with Crippen LogP contribution in [0.4, 0.5) is 17.1 Å². The van der Waals surface area contributed by atoms with E-state index in [1.165, 1.54) is 16.7 Å². The van der Waals surface area contributed by atoms with Crippen LogP contribution in [0.5, 0.6) is 0 Å². The van der Waals surface area contributed by atoms with E-state index in [0.29, 0.717) is 6.42 Å². The third-order valence-corrected chi connectivity index (χ3v) is 5.06. The number of nitrogens with zero attached hydrogens (tertiary/aromatic N) is 4. The summed E-state index contributed by atoms with van der Waals surface area (Å²) in [7, 11) is 0. The lowest BCUT2D eigenvalue weighted by Crippen LogP contribution is -2.50. The Kier molecular flexibility index (Phi) is 7.15. The van der Waals surface area contributed by atoms with Gasteiger partial charge in [0.1, 0.15) is 5.69 Å². The van der Waals surface area contributed by atoms with Gasteiger partial charge in [-0.25, -0.2) is 0 Å². The number of piperazine rings is 1. The first kappa shape index (κ1) is 20.8. The number of benzene rings is 2. The molecule has 0 atom stereocenters. The number of nitro benzene ring substituents is 1. The zero-order valence-corrected chi connectivity index (χ0v) is 16.3. The molecule has 0 spiro atoms. The summed E-state index contributed by atoms with van der Waals surface area (Å²) in [5, 5.41) is 20.6. The zero-order chi connectivity index (χ0) is 20.6. The highest BCUT2D eigenvalue weighted by molar-refractivity contribution is 5.96. The third kappa shape index (κ3) is 5.30. The molecular weight excluding hydrogens is 372 g/mol. The van der Waals surface area contributed by atoms with Gasteiger partial charge < -0.3 is 14.9 Å². The Bertz CT molecular complexity index is 822. The van der Waals surface area contributed by atoms with E-state index in [0.717, 1.165) is 26.2 Å². The number of para-hydroxylation sites is 3. The first-order valence-electron chi connectivity index (χ1n) is 9.77. The standard InChI is InChI=1S/C21H26N4O4/c26-16-6-11-24(19-9-4-5-10-20(19)25(28)29)21(27)17-22-12-14-23(15-13-22)18-7-2-1-3-8-18/h1-5,7-10,26H,6,11-17H2. The van der Waals surface area contributed by atoms with Crippen molar-refractivity contribution in [3.8, 4) is 0 Å². The maximum Gasteiger partial charge on any atom is 0.292 e. The van der Waals surface area contributed by atoms with Gasteiger partial charge in [0, 0.05) is 51.1 Å². The Morgan fingerprint density at radius 2 is 1.69 bits per heavy atom. The molecule has 29 heavy (non-hydrogen) atoms. The number of rotatable bonds is 8. The molecule has 3 rings (SSSR count). The molecule has 0 aromatic heterocycles. The van der Waals surface area contributed by atoms with Gasteiger partial charge in [0.25, 0.3) is 5.69 Å². The number of carbonyl (C=O) groups is 1. The van der Waals surface area contributed by atoms with Gasteiger partial charge in [0.05, 0.1) is 11.5 Å². The molecule has 1 N–H and O–H groups in total. The summed E-state index contributed by atoms with van der Waals surface area (Å²) in [6.45, 7) is 3.47. The smallest absolute Gasteiger partial charge is 0.292 e. The number of carbonyl (C=O) groups excluding carboxylic acids is 1. The number of hydrogen-bond acceptors (Lipinski definition) is 6. The molecule has 1 fully saturated rings. The normalized spacial score (nSPS) is 14.6. The zero-order valence-electron chi connectivity index (χ0n) is 16.3. The topological polar surface area (TPSA) is 90.2 Å². The Balaban J connectivity index is 1.66. The van der Waals surface area contributed by atoms with Crippen LogP contribution in [0.3, 0.4) is 0 Å². The molecule has 1 aliphatic rings. The van der Waals surface area contributed by atoms with Crippen molar-refractivity contribution in [2.75, 3.05) is 55.7 Å². The van der Waals surface area contributed by atoms with Gasteiger partial charge in [-0.2, -0.15) is 0 Å². The highest BCUT2D eigenvalue weighted by Gasteiger charge is 2.26. The lowest BCUT2D eigenvalue weighted by atomic mass is 10.2. The minimum atomic E-state index is -0.479. The molecule has 0 radical (unpaired) electrons. The van der Waals surface area contributed by atoms with Crippen molar-refractivity contribution in [1.82, 2.24) is 4.90 Å². The summed E-state index contributed by atoms with van der Waals surface area (Å²) >= 11 is 0. The molecule has 154 valence electrons. The van der Waals surface area contributed by atoms with Crippen LogP contribution in [0.1, 0.15) is 6.42 Å². The lowest BCUT2D eigenvalue weighted by molar-refractivity contribution is -0.384. The van der Waals surface area contributed by atoms with Crippen molar-refractivity contribution in [2.45, 2.75) is 6.42 Å². The highest BCUT2D eigenvalue weighted by Crippen LogP contribution is 2.28. The number of hydrogen-bond donors (Lipinski definition) is 1. The van der Waals surface area contributed by atoms with Gasteiger partial charge in [-0.05, 0) is 24.6 Å². The summed E-state index contributed by atoms with van der Waals surface area (Å²) in [6, 6.07) is 16.4. The fourth-order valence-electron chi connectivity index (χ4n) is 3.53. The highest BCUT2D eigenvalue weighted by atomic mass is 16.6. The van der Waals surface area contributed by atoms with Crippen LogP contribution in [0.2, 0.25) is 0 Å². The monoisotopic (exact) mass is 398 g/mol. The fourth-order valence-corrected chi connectivity index (χ4v) is 3.53. The van der Waals surface area contributed by atoms with E-state index in [4.69, 9.17) is 0 Å². The van der Waals surface area contributed by atoms with E-state index < -0.39 is 4.92 Å². The van der Waals surface area contributed by atoms with Crippen molar-refractivity contribution >= 4 is 23.0 Å². The molecule has 1 saturated heterocycles. The maximum absolute atomic E-state index is 13.0. The summed E-state index contributed by atoms with van der Waals surface area (Å²) in [6.07, 6.45) is 0.361. The lowest BCUT2D eigenvalue weighted by Gasteiger charge is -2.36. The second kappa shape index (κ2) is 9.99. The fraction of sp³-hybridized carbons (Fsp3) is 0.381. The molecule has 2 aromatic rings. The number of aliphatic hydroxyl groups is 1. The van der Waals surface area contributed by atoms with E-state index in [1.54, 1.807) is 18.2 Å². The molecule has 0 unspecified atom stereocenters. The first-order chi connectivity index (χ1) is 14.1. The molecule has 8 nitrogen and oxygen atoms in total. The number of aliphatic hydroxyl groups excluding tert-OH is 1. The molecule has 1 aliphatic heterocycles. The Hall–Kier alpha value is -2.97. The summed E-state index contributed by atoms with van der Waals surface area (Å²) in [4.78, 5) is 29.7. The quantitative estimate of drug-likeness (QED) is 0.541. The summed E-state index contributed by atoms with van der Waals surface area (Å²) in [5.41, 5.74) is 1.34. The van der Waals surface area contributed by atoms with Gasteiger partial charge in [0.2, 0.25) is 5.91 Å². The summed E-state index contributed by atoms with van der Waals surface area (Å²) < 4.78 is 0. The van der Waals surface area contributed by atoms with Crippen molar-refractivity contribution < 1.29 is 14.8 Å². The maximum atomic E-state index is 13.0. The van der Waals surface area contributed by atoms with Crippen LogP contribution in [0.15, 0.2) is 54.6 Å². The average Bonchev–Trinajstić information content (AvgIpc) is 2.75. The molecule has 1 amide bonds. The van der Waals surface area contributed by atoms with Crippen LogP contribution in [-0.2, 0) is 4.79 Å². The van der Waals surface area contributed by atoms with E-state index in [1.807, 2.05) is 18.2 Å². The van der Waals surface area contributed by atoms with E-state index >= 15 is 0 Å². The van der Waals surface area contributed by atoms with Crippen LogP contribution in [0.25, 0.3) is 0 Å². The Morgan fingerprint density at radius 3 is 2.34 bits per heavy atom. The average molecular weight is 398 g/mol. The van der Waals surface area contributed by atoms with Gasteiger partial charge in [-0.1, -0.05) is 30.3 Å². The minimum Gasteiger partial charge on any atom is -0.396 e. The van der Waals surface area contributed by atoms with Crippen molar-refractivity contribution in [3.63, 3.8) is 0 Å². The number of amides is 1. The molecule has 0 saturated carbocycles. The molecular formula is C21H26N4O4. The minimum absolute atomic E-state index is 0.0832. The van der Waals surface area contributed by atoms with E-state index in [2.05, 4.69) is 21.9 Å². The molecule has 1 heterocycles. The number of nitro groups is 1. The molecule has 8 heteroatoms. The first-order valence-corrected chi connectivity index (χ1v) is 9.77. The molecule has 0 bridgehead atoms. The van der Waals surface area contributed by atoms with Crippen LogP contribution >= 0.6 is 0 Å². The van der Waals surface area contributed by atoms with Gasteiger partial charge in [-0.3, -0.25) is 19.8 Å². The van der Waals surface area contributed by atoms with Crippen LogP contribution < -0.4 is 9.80 Å². The van der Waals surface area contributed by atoms with Crippen molar-refractivity contribution in [1.29, 1.82) is 0 Å². The molecule has 0 aliphatic carbocycles. The van der Waals surface area contributed by atoms with Crippen molar-refractivity contribution in [3.05, 3.63) is 64.7 Å². The second-order valence-corrected chi connectivity index (χ2v) is 6.97. The third-order valence-electron chi connectivity index (χ3n) is 5.06. The second-order valence-electron chi connectivity index (χ2n) is 6.97. The predicted molar refractivity (Wildman–Crippen MR) is 112 cm³/mol. The van der Waals surface area contributed by atoms with Gasteiger partial charge >= 0.3 is 0 Å². The van der Waals surface area contributed by atoms with Gasteiger partial charge in [-0.15, -0.1) is 0 Å². The van der Waals surface area contributed by atoms with E-state index in [-0.39, 0.29) is 37.0 Å². The predicted octanol–water partition coefficient (Wildman–Crippen LogP) is 2.13. The van der Waals surface area contributed by atoms with Crippen LogP contribution in [0, 0.1) is 10.1 Å². The van der Waals surface area contributed by atoms with E-state index in [9.17, 15) is 20.0 Å². The van der Waals surface area contributed by atoms with Crippen LogP contribution in [-0.4, -0.2) is 66.7 Å². The van der Waals surface area contributed by atoms with Gasteiger partial charge in [0.15, 0.2) is 0 Å².